The van der Waals surface area contributed by atoms with Crippen LogP contribution < -0.4 is 5.56 Å². The highest BCUT2D eigenvalue weighted by molar-refractivity contribution is 5.92. The summed E-state index contributed by atoms with van der Waals surface area (Å²) in [6.45, 7) is 1.10. The van der Waals surface area contributed by atoms with Gasteiger partial charge in [-0.05, 0) is 55.5 Å². The Morgan fingerprint density at radius 1 is 1.03 bits per heavy atom. The van der Waals surface area contributed by atoms with Crippen molar-refractivity contribution in [3.63, 3.8) is 0 Å². The minimum atomic E-state index is -0.286. The van der Waals surface area contributed by atoms with E-state index in [0.717, 1.165) is 22.3 Å². The third-order valence-electron chi connectivity index (χ3n) is 7.16. The van der Waals surface area contributed by atoms with E-state index in [4.69, 9.17) is 0 Å². The van der Waals surface area contributed by atoms with Crippen LogP contribution in [0.3, 0.4) is 0 Å². The smallest absolute Gasteiger partial charge is 0.277 e. The van der Waals surface area contributed by atoms with Gasteiger partial charge in [0.1, 0.15) is 11.5 Å². The number of rotatable bonds is 6. The van der Waals surface area contributed by atoms with Crippen molar-refractivity contribution >= 4 is 16.9 Å². The Kier molecular flexibility index (Phi) is 6.28. The van der Waals surface area contributed by atoms with Crippen LogP contribution in [0.5, 0.6) is 0 Å². The molecule has 5 aromatic rings. The van der Waals surface area contributed by atoms with Gasteiger partial charge in [-0.2, -0.15) is 4.68 Å². The predicted molar refractivity (Wildman–Crippen MR) is 140 cm³/mol. The van der Waals surface area contributed by atoms with Gasteiger partial charge in [-0.3, -0.25) is 19.7 Å². The molecule has 4 heterocycles. The molecule has 1 aliphatic rings. The summed E-state index contributed by atoms with van der Waals surface area (Å²) in [5.41, 5.74) is 4.30. The highest BCUT2D eigenvalue weighted by atomic mass is 19.1. The molecule has 0 radical (unpaired) electrons. The molecule has 0 aliphatic carbocycles. The summed E-state index contributed by atoms with van der Waals surface area (Å²) in [5, 5.41) is 3.34. The van der Waals surface area contributed by atoms with E-state index in [0.29, 0.717) is 56.0 Å². The topological polar surface area (TPSA) is 113 Å². The van der Waals surface area contributed by atoms with Crippen LogP contribution in [0.2, 0.25) is 0 Å². The summed E-state index contributed by atoms with van der Waals surface area (Å²) in [5.74, 6) is 0.0794. The fourth-order valence-electron chi connectivity index (χ4n) is 5.13. The zero-order valence-corrected chi connectivity index (χ0v) is 20.6. The maximum absolute atomic E-state index is 13.7. The van der Waals surface area contributed by atoms with Crippen molar-refractivity contribution in [3.8, 4) is 5.95 Å². The van der Waals surface area contributed by atoms with Crippen LogP contribution in [0.25, 0.3) is 17.0 Å². The normalized spacial score (nSPS) is 14.3. The molecule has 0 bridgehead atoms. The molecule has 38 heavy (non-hydrogen) atoms. The maximum Gasteiger partial charge on any atom is 0.277 e. The standard InChI is InChI=1S/C28H26FN7O2/c29-20-8-5-18(6-9-20)7-10-21-25(19-11-15-35(16-12-19)27(38)24-17-30-13-14-31-24)34-36(26(21)37)28-32-22-3-1-2-4-23(22)33-28/h1-6,8-9,13-14,17,19,34H,7,10-12,15-16H2,(H,32,33). The van der Waals surface area contributed by atoms with Crippen molar-refractivity contribution in [3.05, 3.63) is 106 Å². The number of amides is 1. The summed E-state index contributed by atoms with van der Waals surface area (Å²) < 4.78 is 14.9. The van der Waals surface area contributed by atoms with Gasteiger partial charge in [-0.25, -0.2) is 14.4 Å². The quantitative estimate of drug-likeness (QED) is 0.360. The SMILES string of the molecule is O=C(c1cnccn1)N1CCC(c2[nH]n(-c3nc4ccccc4[nH]3)c(=O)c2CCc2ccc(F)cc2)CC1. The molecular weight excluding hydrogens is 485 g/mol. The maximum atomic E-state index is 13.7. The number of halogens is 1. The zero-order chi connectivity index (χ0) is 26.1. The predicted octanol–water partition coefficient (Wildman–Crippen LogP) is 3.78. The van der Waals surface area contributed by atoms with Gasteiger partial charge in [0.05, 0.1) is 17.2 Å². The Bertz CT molecular complexity index is 1600. The zero-order valence-electron chi connectivity index (χ0n) is 20.6. The lowest BCUT2D eigenvalue weighted by Crippen LogP contribution is -2.38. The molecule has 0 saturated carbocycles. The highest BCUT2D eigenvalue weighted by Gasteiger charge is 2.29. The van der Waals surface area contributed by atoms with Gasteiger partial charge in [0, 0.05) is 42.7 Å². The lowest BCUT2D eigenvalue weighted by molar-refractivity contribution is 0.0705. The van der Waals surface area contributed by atoms with Gasteiger partial charge in [-0.15, -0.1) is 0 Å². The first kappa shape index (κ1) is 23.8. The number of imidazole rings is 1. The van der Waals surface area contributed by atoms with E-state index < -0.39 is 0 Å². The molecule has 10 heteroatoms. The van der Waals surface area contributed by atoms with Crippen LogP contribution in [0.15, 0.2) is 71.9 Å². The number of aryl methyl sites for hydroxylation is 1. The molecule has 1 saturated heterocycles. The third-order valence-corrected chi connectivity index (χ3v) is 7.16. The van der Waals surface area contributed by atoms with E-state index in [9.17, 15) is 14.0 Å². The second kappa shape index (κ2) is 10.0. The van der Waals surface area contributed by atoms with Crippen LogP contribution in [0, 0.1) is 5.82 Å². The first-order valence-corrected chi connectivity index (χ1v) is 12.7. The molecule has 0 unspecified atom stereocenters. The summed E-state index contributed by atoms with van der Waals surface area (Å²) in [4.78, 5) is 44.3. The number of nitrogens with zero attached hydrogens (tertiary/aromatic N) is 5. The average Bonchev–Trinajstić information content (AvgIpc) is 3.53. The lowest BCUT2D eigenvalue weighted by Gasteiger charge is -2.31. The molecule has 2 N–H and O–H groups in total. The van der Waals surface area contributed by atoms with E-state index in [1.807, 2.05) is 24.3 Å². The van der Waals surface area contributed by atoms with Crippen LogP contribution in [0.4, 0.5) is 4.39 Å². The van der Waals surface area contributed by atoms with Crippen molar-refractivity contribution in [1.29, 1.82) is 0 Å². The molecule has 0 atom stereocenters. The molecule has 3 aromatic heterocycles. The van der Waals surface area contributed by atoms with Gasteiger partial charge in [0.15, 0.2) is 0 Å². The molecule has 0 spiro atoms. The van der Waals surface area contributed by atoms with Crippen LogP contribution >= 0.6 is 0 Å². The number of carbonyl (C=O) groups excluding carboxylic acids is 1. The fourth-order valence-corrected chi connectivity index (χ4v) is 5.13. The van der Waals surface area contributed by atoms with Crippen molar-refractivity contribution in [1.82, 2.24) is 34.6 Å². The second-order valence-electron chi connectivity index (χ2n) is 9.51. The van der Waals surface area contributed by atoms with E-state index in [2.05, 4.69) is 25.0 Å². The number of aromatic nitrogens is 6. The number of aromatic amines is 2. The van der Waals surface area contributed by atoms with Crippen LogP contribution in [-0.2, 0) is 12.8 Å². The van der Waals surface area contributed by atoms with Gasteiger partial charge >= 0.3 is 0 Å². The highest BCUT2D eigenvalue weighted by Crippen LogP contribution is 2.30. The number of hydrogen-bond acceptors (Lipinski definition) is 5. The van der Waals surface area contributed by atoms with Crippen molar-refractivity contribution in [2.75, 3.05) is 13.1 Å². The molecule has 1 fully saturated rings. The Labute approximate surface area is 217 Å². The average molecular weight is 512 g/mol. The summed E-state index contributed by atoms with van der Waals surface area (Å²) in [6.07, 6.45) is 7.05. The Balaban J connectivity index is 1.29. The molecule has 2 aromatic carbocycles. The largest absolute Gasteiger partial charge is 0.337 e. The van der Waals surface area contributed by atoms with Gasteiger partial charge < -0.3 is 9.88 Å². The number of para-hydroxylation sites is 2. The lowest BCUT2D eigenvalue weighted by atomic mass is 9.89. The minimum Gasteiger partial charge on any atom is -0.337 e. The van der Waals surface area contributed by atoms with E-state index in [1.165, 1.54) is 29.2 Å². The van der Waals surface area contributed by atoms with Gasteiger partial charge in [0.25, 0.3) is 11.5 Å². The number of fused-ring (bicyclic) bond motifs is 1. The summed E-state index contributed by atoms with van der Waals surface area (Å²) in [6, 6.07) is 14.0. The number of benzene rings is 2. The monoisotopic (exact) mass is 511 g/mol. The van der Waals surface area contributed by atoms with Gasteiger partial charge in [-0.1, -0.05) is 24.3 Å². The Morgan fingerprint density at radius 3 is 2.55 bits per heavy atom. The van der Waals surface area contributed by atoms with Crippen molar-refractivity contribution in [2.45, 2.75) is 31.6 Å². The summed E-state index contributed by atoms with van der Waals surface area (Å²) >= 11 is 0. The summed E-state index contributed by atoms with van der Waals surface area (Å²) in [7, 11) is 0. The minimum absolute atomic E-state index is 0.0717. The number of hydrogen-bond donors (Lipinski definition) is 2. The van der Waals surface area contributed by atoms with Crippen LogP contribution in [0.1, 0.15) is 46.1 Å². The molecule has 9 nitrogen and oxygen atoms in total. The molecule has 192 valence electrons. The van der Waals surface area contributed by atoms with E-state index in [1.54, 1.807) is 23.2 Å². The number of carbonyl (C=O) groups is 1. The number of piperidine rings is 1. The molecule has 1 amide bonds. The van der Waals surface area contributed by atoms with Crippen molar-refractivity contribution < 1.29 is 9.18 Å². The fraction of sp³-hybridized carbons (Fsp3) is 0.250. The third kappa shape index (κ3) is 4.60. The second-order valence-corrected chi connectivity index (χ2v) is 9.51. The number of H-pyrrole nitrogens is 2. The van der Waals surface area contributed by atoms with Gasteiger partial charge in [0.2, 0.25) is 5.95 Å². The first-order valence-electron chi connectivity index (χ1n) is 12.7. The molecular formula is C28H26FN7O2. The number of likely N-dealkylation sites (tertiary alicyclic amines) is 1. The Morgan fingerprint density at radius 2 is 1.82 bits per heavy atom. The van der Waals surface area contributed by atoms with Crippen molar-refractivity contribution in [2.24, 2.45) is 0 Å². The molecule has 6 rings (SSSR count). The molecule has 1 aliphatic heterocycles. The van der Waals surface area contributed by atoms with E-state index in [-0.39, 0.29) is 23.2 Å². The Hall–Kier alpha value is -4.60. The van der Waals surface area contributed by atoms with Crippen LogP contribution in [-0.4, -0.2) is 53.6 Å². The first-order chi connectivity index (χ1) is 18.6. The number of nitrogens with one attached hydrogen (secondary N) is 2. The van der Waals surface area contributed by atoms with E-state index >= 15 is 0 Å².